The molecule has 27 heavy (non-hydrogen) atoms. The van der Waals surface area contributed by atoms with Crippen LogP contribution in [0.4, 0.5) is 0 Å². The van der Waals surface area contributed by atoms with Crippen LogP contribution >= 0.6 is 15.9 Å². The highest BCUT2D eigenvalue weighted by atomic mass is 79.9. The van der Waals surface area contributed by atoms with Crippen molar-refractivity contribution in [2.24, 2.45) is 0 Å². The summed E-state index contributed by atoms with van der Waals surface area (Å²) in [4.78, 5) is 16.3. The third kappa shape index (κ3) is 4.98. The van der Waals surface area contributed by atoms with E-state index in [4.69, 9.17) is 4.74 Å². The van der Waals surface area contributed by atoms with Crippen LogP contribution in [-0.4, -0.2) is 22.1 Å². The summed E-state index contributed by atoms with van der Waals surface area (Å²) in [6.07, 6.45) is 5.34. The van der Waals surface area contributed by atoms with Crippen molar-refractivity contribution in [2.45, 2.75) is 26.3 Å². The van der Waals surface area contributed by atoms with E-state index in [2.05, 4.69) is 40.1 Å². The molecule has 0 radical (unpaired) electrons. The van der Waals surface area contributed by atoms with Crippen molar-refractivity contribution < 1.29 is 9.53 Å². The number of para-hydroxylation sites is 1. The summed E-state index contributed by atoms with van der Waals surface area (Å²) in [7, 11) is 0. The van der Waals surface area contributed by atoms with Gasteiger partial charge >= 0.3 is 0 Å². The zero-order valence-electron chi connectivity index (χ0n) is 15.4. The maximum atomic E-state index is 12.2. The van der Waals surface area contributed by atoms with Gasteiger partial charge in [0.25, 0.3) is 5.91 Å². The lowest BCUT2D eigenvalue weighted by Gasteiger charge is -2.13. The van der Waals surface area contributed by atoms with Gasteiger partial charge in [0.2, 0.25) is 0 Å². The Labute approximate surface area is 167 Å². The second-order valence-corrected chi connectivity index (χ2v) is 7.36. The number of nitrogens with zero attached hydrogens (tertiary/aromatic N) is 2. The summed E-state index contributed by atoms with van der Waals surface area (Å²) >= 11 is 3.51. The Bertz CT molecular complexity index is 908. The van der Waals surface area contributed by atoms with Crippen LogP contribution in [0.1, 0.15) is 30.9 Å². The molecule has 0 spiro atoms. The van der Waals surface area contributed by atoms with Gasteiger partial charge in [-0.1, -0.05) is 38.1 Å². The van der Waals surface area contributed by atoms with Gasteiger partial charge in [0, 0.05) is 18.9 Å². The molecule has 6 heteroatoms. The quantitative estimate of drug-likeness (QED) is 0.605. The first-order valence-corrected chi connectivity index (χ1v) is 9.59. The number of amides is 1. The van der Waals surface area contributed by atoms with Gasteiger partial charge in [-0.05, 0) is 51.2 Å². The standard InChI is InChI=1S/C21H22BrN3O2/c1-15(2)16-7-8-20(18(22)11-16)27-13-21(26)24-12-17-5-3-4-6-19(17)25-10-9-23-14-25/h3-11,14-15H,12-13H2,1-2H3,(H,24,26). The lowest BCUT2D eigenvalue weighted by atomic mass is 10.0. The summed E-state index contributed by atoms with van der Waals surface area (Å²) in [5.74, 6) is 0.929. The summed E-state index contributed by atoms with van der Waals surface area (Å²) in [5, 5.41) is 2.91. The molecule has 0 atom stereocenters. The topological polar surface area (TPSA) is 56.1 Å². The molecule has 0 aliphatic heterocycles. The number of carbonyl (C=O) groups excluding carboxylic acids is 1. The van der Waals surface area contributed by atoms with Gasteiger partial charge < -0.3 is 14.6 Å². The largest absolute Gasteiger partial charge is 0.483 e. The number of halogens is 1. The first-order valence-electron chi connectivity index (χ1n) is 8.80. The van der Waals surface area contributed by atoms with E-state index in [0.29, 0.717) is 18.2 Å². The predicted octanol–water partition coefficient (Wildman–Crippen LogP) is 4.45. The molecule has 1 N–H and O–H groups in total. The average Bonchev–Trinajstić information content (AvgIpc) is 3.20. The Morgan fingerprint density at radius 1 is 1.26 bits per heavy atom. The number of carbonyl (C=O) groups is 1. The molecule has 0 aliphatic rings. The number of hydrogen-bond donors (Lipinski definition) is 1. The minimum Gasteiger partial charge on any atom is -0.483 e. The van der Waals surface area contributed by atoms with E-state index in [9.17, 15) is 4.79 Å². The average molecular weight is 428 g/mol. The molecule has 1 amide bonds. The monoisotopic (exact) mass is 427 g/mol. The van der Waals surface area contributed by atoms with E-state index in [1.54, 1.807) is 12.5 Å². The molecular weight excluding hydrogens is 406 g/mol. The van der Waals surface area contributed by atoms with E-state index in [-0.39, 0.29) is 12.5 Å². The van der Waals surface area contributed by atoms with Crippen molar-refractivity contribution in [3.05, 3.63) is 76.8 Å². The number of imidazole rings is 1. The lowest BCUT2D eigenvalue weighted by molar-refractivity contribution is -0.123. The van der Waals surface area contributed by atoms with Crippen LogP contribution in [0.5, 0.6) is 5.75 Å². The molecule has 2 aromatic carbocycles. The predicted molar refractivity (Wildman–Crippen MR) is 109 cm³/mol. The van der Waals surface area contributed by atoms with Crippen LogP contribution in [0.25, 0.3) is 5.69 Å². The number of ether oxygens (including phenoxy) is 1. The first-order chi connectivity index (χ1) is 13.0. The number of aromatic nitrogens is 2. The molecule has 0 saturated heterocycles. The summed E-state index contributed by atoms with van der Waals surface area (Å²) in [6.45, 7) is 4.66. The number of hydrogen-bond acceptors (Lipinski definition) is 3. The highest BCUT2D eigenvalue weighted by Crippen LogP contribution is 2.28. The fourth-order valence-corrected chi connectivity index (χ4v) is 3.21. The van der Waals surface area contributed by atoms with Crippen molar-refractivity contribution in [2.75, 3.05) is 6.61 Å². The van der Waals surface area contributed by atoms with Crippen molar-refractivity contribution >= 4 is 21.8 Å². The lowest BCUT2D eigenvalue weighted by Crippen LogP contribution is -2.28. The molecule has 1 aromatic heterocycles. The van der Waals surface area contributed by atoms with Gasteiger partial charge in [0.05, 0.1) is 16.5 Å². The molecule has 3 rings (SSSR count). The zero-order chi connectivity index (χ0) is 19.2. The molecule has 0 saturated carbocycles. The van der Waals surface area contributed by atoms with Gasteiger partial charge in [-0.15, -0.1) is 0 Å². The molecule has 3 aromatic rings. The number of nitrogens with one attached hydrogen (secondary N) is 1. The fraction of sp³-hybridized carbons (Fsp3) is 0.238. The van der Waals surface area contributed by atoms with E-state index in [1.807, 2.05) is 53.2 Å². The third-order valence-corrected chi connectivity index (χ3v) is 4.85. The Morgan fingerprint density at radius 3 is 2.78 bits per heavy atom. The van der Waals surface area contributed by atoms with Gasteiger partial charge in [0.1, 0.15) is 5.75 Å². The Balaban J connectivity index is 1.57. The number of rotatable bonds is 7. The summed E-state index contributed by atoms with van der Waals surface area (Å²) in [6, 6.07) is 13.8. The van der Waals surface area contributed by atoms with Crippen LogP contribution in [0.2, 0.25) is 0 Å². The minimum absolute atomic E-state index is 0.0349. The Morgan fingerprint density at radius 2 is 2.07 bits per heavy atom. The Kier molecular flexibility index (Phi) is 6.29. The van der Waals surface area contributed by atoms with Gasteiger partial charge in [-0.3, -0.25) is 4.79 Å². The second kappa shape index (κ2) is 8.86. The summed E-state index contributed by atoms with van der Waals surface area (Å²) in [5.41, 5.74) is 3.21. The molecule has 0 fully saturated rings. The van der Waals surface area contributed by atoms with Crippen LogP contribution in [0.3, 0.4) is 0 Å². The highest BCUT2D eigenvalue weighted by molar-refractivity contribution is 9.10. The molecule has 0 bridgehead atoms. The van der Waals surface area contributed by atoms with Crippen LogP contribution in [0, 0.1) is 0 Å². The second-order valence-electron chi connectivity index (χ2n) is 6.51. The van der Waals surface area contributed by atoms with Crippen molar-refractivity contribution in [3.63, 3.8) is 0 Å². The maximum Gasteiger partial charge on any atom is 0.258 e. The number of benzene rings is 2. The van der Waals surface area contributed by atoms with Crippen LogP contribution in [-0.2, 0) is 11.3 Å². The van der Waals surface area contributed by atoms with Crippen molar-refractivity contribution in [1.29, 1.82) is 0 Å². The highest BCUT2D eigenvalue weighted by Gasteiger charge is 2.09. The zero-order valence-corrected chi connectivity index (χ0v) is 16.9. The van der Waals surface area contributed by atoms with E-state index < -0.39 is 0 Å². The smallest absolute Gasteiger partial charge is 0.258 e. The van der Waals surface area contributed by atoms with Crippen LogP contribution in [0.15, 0.2) is 65.7 Å². The van der Waals surface area contributed by atoms with E-state index >= 15 is 0 Å². The normalized spacial score (nSPS) is 10.8. The van der Waals surface area contributed by atoms with Crippen molar-refractivity contribution in [3.8, 4) is 11.4 Å². The molecule has 140 valence electrons. The van der Waals surface area contributed by atoms with Crippen LogP contribution < -0.4 is 10.1 Å². The van der Waals surface area contributed by atoms with Gasteiger partial charge in [-0.25, -0.2) is 4.98 Å². The fourth-order valence-electron chi connectivity index (χ4n) is 2.70. The van der Waals surface area contributed by atoms with E-state index in [0.717, 1.165) is 15.7 Å². The minimum atomic E-state index is -0.171. The molecule has 0 unspecified atom stereocenters. The Hall–Kier alpha value is -2.60. The van der Waals surface area contributed by atoms with Crippen molar-refractivity contribution in [1.82, 2.24) is 14.9 Å². The SMILES string of the molecule is CC(C)c1ccc(OCC(=O)NCc2ccccc2-n2ccnc2)c(Br)c1. The molecule has 1 heterocycles. The van der Waals surface area contributed by atoms with Gasteiger partial charge in [0.15, 0.2) is 6.61 Å². The van der Waals surface area contributed by atoms with E-state index in [1.165, 1.54) is 5.56 Å². The first kappa shape index (κ1) is 19.2. The third-order valence-electron chi connectivity index (χ3n) is 4.23. The molecular formula is C21H22BrN3O2. The molecule has 5 nitrogen and oxygen atoms in total. The van der Waals surface area contributed by atoms with Gasteiger partial charge in [-0.2, -0.15) is 0 Å². The molecule has 0 aliphatic carbocycles. The maximum absolute atomic E-state index is 12.2. The summed E-state index contributed by atoms with van der Waals surface area (Å²) < 4.78 is 8.43.